The van der Waals surface area contributed by atoms with Crippen molar-refractivity contribution < 1.29 is 0 Å². The average Bonchev–Trinajstić information content (AvgIpc) is 1.51. The Labute approximate surface area is 623 Å². The van der Waals surface area contributed by atoms with Gasteiger partial charge in [0.2, 0.25) is 0 Å². The van der Waals surface area contributed by atoms with Crippen LogP contribution < -0.4 is 19.6 Å². The van der Waals surface area contributed by atoms with Gasteiger partial charge in [0, 0.05) is 121 Å². The normalized spacial score (nSPS) is 18.9. The number of para-hydroxylation sites is 4. The van der Waals surface area contributed by atoms with Crippen molar-refractivity contribution in [3.63, 3.8) is 0 Å². The maximum absolute atomic E-state index is 2.46. The third-order valence-electron chi connectivity index (χ3n) is 23.9. The third kappa shape index (κ3) is 11.6. The molecule has 0 spiro atoms. The molecule has 8 aliphatic rings. The molecule has 4 aliphatic carbocycles. The van der Waals surface area contributed by atoms with Gasteiger partial charge in [0.05, 0.1) is 5.69 Å². The predicted octanol–water partition coefficient (Wildman–Crippen LogP) is 28.3. The van der Waals surface area contributed by atoms with Crippen molar-refractivity contribution in [2.75, 3.05) is 47.8 Å². The Hall–Kier alpha value is -10.2. The van der Waals surface area contributed by atoms with Gasteiger partial charge in [0.1, 0.15) is 0 Å². The van der Waals surface area contributed by atoms with Crippen LogP contribution in [-0.2, 0) is 0 Å². The molecule has 20 rings (SSSR count). The minimum Gasteiger partial charge on any atom is -0.344 e. The highest BCUT2D eigenvalue weighted by Crippen LogP contribution is 2.59. The fourth-order valence-electron chi connectivity index (χ4n) is 18.6. The van der Waals surface area contributed by atoms with E-state index in [-0.39, 0.29) is 0 Å². The highest BCUT2D eigenvalue weighted by molar-refractivity contribution is 5.96. The van der Waals surface area contributed by atoms with E-state index < -0.39 is 0 Å². The fourth-order valence-corrected chi connectivity index (χ4v) is 18.6. The van der Waals surface area contributed by atoms with E-state index in [9.17, 15) is 0 Å². The molecule has 104 heavy (non-hydrogen) atoms. The van der Waals surface area contributed by atoms with E-state index in [0.717, 1.165) is 0 Å². The Morgan fingerprint density at radius 3 is 0.942 bits per heavy atom. The lowest BCUT2D eigenvalue weighted by atomic mass is 9.82. The lowest BCUT2D eigenvalue weighted by Gasteiger charge is -2.36. The number of benzene rings is 12. The molecule has 4 heterocycles. The van der Waals surface area contributed by atoms with Crippen molar-refractivity contribution in [2.45, 2.75) is 158 Å². The average molecular weight is 1370 g/mol. The number of rotatable bonds is 0. The summed E-state index contributed by atoms with van der Waals surface area (Å²) < 4.78 is 0. The zero-order chi connectivity index (χ0) is 73.7. The van der Waals surface area contributed by atoms with Crippen molar-refractivity contribution in [3.8, 4) is 44.5 Å². The molecular formula is C100H108N4. The second-order valence-electron chi connectivity index (χ2n) is 28.5. The Balaban J connectivity index is 0.000000119. The van der Waals surface area contributed by atoms with Crippen LogP contribution in [0.15, 0.2) is 243 Å². The van der Waals surface area contributed by atoms with Gasteiger partial charge in [-0.3, -0.25) is 0 Å². The van der Waals surface area contributed by atoms with Crippen molar-refractivity contribution in [1.82, 2.24) is 0 Å². The quantitative estimate of drug-likeness (QED) is 0.150. The monoisotopic (exact) mass is 1360 g/mol. The van der Waals surface area contributed by atoms with E-state index in [4.69, 9.17) is 0 Å². The molecule has 12 aromatic carbocycles. The summed E-state index contributed by atoms with van der Waals surface area (Å²) >= 11 is 0. The topological polar surface area (TPSA) is 13.0 Å². The van der Waals surface area contributed by atoms with Crippen LogP contribution in [-0.4, -0.2) is 28.2 Å². The Morgan fingerprint density at radius 1 is 0.183 bits per heavy atom. The number of anilines is 8. The van der Waals surface area contributed by atoms with E-state index in [2.05, 4.69) is 346 Å². The Bertz CT molecular complexity index is 4950. The zero-order valence-electron chi connectivity index (χ0n) is 65.5. The molecule has 12 aromatic rings. The van der Waals surface area contributed by atoms with Crippen LogP contribution in [0.5, 0.6) is 0 Å². The molecule has 0 bridgehead atoms. The molecule has 0 N–H and O–H groups in total. The molecule has 0 amide bonds. The molecule has 8 unspecified atom stereocenters. The van der Waals surface area contributed by atoms with Crippen molar-refractivity contribution in [2.24, 2.45) is 0 Å². The molecule has 528 valence electrons. The van der Waals surface area contributed by atoms with Gasteiger partial charge in [0.25, 0.3) is 0 Å². The number of nitrogens with zero attached hydrogens (tertiary/aromatic N) is 4. The minimum atomic E-state index is 0.431. The molecule has 0 radical (unpaired) electrons. The summed E-state index contributed by atoms with van der Waals surface area (Å²) in [6, 6.07) is 89.9. The van der Waals surface area contributed by atoms with Crippen LogP contribution in [0.3, 0.4) is 0 Å². The molecule has 0 aromatic heterocycles. The van der Waals surface area contributed by atoms with Gasteiger partial charge in [0.15, 0.2) is 0 Å². The standard InChI is InChI=1S/4C23H21N.4C2H6/c1-14-16-8-4-5-10-18(16)21-12-20-15(2)17-9-6-7-11-22(17)24(3)23(20)13-19(14)21;1-14-16-8-4-5-10-18(16)21-13-23-20(12-19(14)21)15(2)17-9-6-7-11-22(17)24(23)3;1-14-17-9-6-7-11-21(17)24(3)23-18(14)12-13-20-19-10-5-4-8-16(19)15(2)22(20)23;1-14-16-8-4-5-10-20(16)22-18(14)12-13-19-15(2)17-9-6-7-11-21(17)24(3)23(19)22;4*1-2/h4*4-15H,1-3H3;4*1-2H3. The van der Waals surface area contributed by atoms with E-state index in [0.29, 0.717) is 47.3 Å². The third-order valence-corrected chi connectivity index (χ3v) is 23.9. The highest BCUT2D eigenvalue weighted by atomic mass is 15.1. The van der Waals surface area contributed by atoms with Crippen molar-refractivity contribution in [3.05, 3.63) is 332 Å². The molecular weight excluding hydrogens is 1260 g/mol. The van der Waals surface area contributed by atoms with Crippen LogP contribution >= 0.6 is 0 Å². The van der Waals surface area contributed by atoms with E-state index in [1.807, 2.05) is 55.4 Å². The minimum absolute atomic E-state index is 0.431. The van der Waals surface area contributed by atoms with E-state index in [1.54, 1.807) is 0 Å². The first-order valence-corrected chi connectivity index (χ1v) is 39.1. The summed E-state index contributed by atoms with van der Waals surface area (Å²) in [6.45, 7) is 34.7. The predicted molar refractivity (Wildman–Crippen MR) is 451 cm³/mol. The number of hydrogen-bond donors (Lipinski definition) is 0. The summed E-state index contributed by atoms with van der Waals surface area (Å²) in [6.07, 6.45) is 0. The summed E-state index contributed by atoms with van der Waals surface area (Å²) in [5.41, 5.74) is 45.4. The highest BCUT2D eigenvalue weighted by Gasteiger charge is 2.39. The summed E-state index contributed by atoms with van der Waals surface area (Å²) in [7, 11) is 8.83. The van der Waals surface area contributed by atoms with Gasteiger partial charge in [-0.15, -0.1) is 0 Å². The lowest BCUT2D eigenvalue weighted by molar-refractivity contribution is 0.862. The Kier molecular flexibility index (Phi) is 20.8. The Morgan fingerprint density at radius 2 is 0.471 bits per heavy atom. The molecule has 4 aliphatic heterocycles. The van der Waals surface area contributed by atoms with Gasteiger partial charge >= 0.3 is 0 Å². The van der Waals surface area contributed by atoms with Crippen LogP contribution in [0.4, 0.5) is 45.5 Å². The van der Waals surface area contributed by atoms with Gasteiger partial charge in [-0.05, 0) is 170 Å². The summed E-state index contributed by atoms with van der Waals surface area (Å²) in [5.74, 6) is 3.62. The summed E-state index contributed by atoms with van der Waals surface area (Å²) in [4.78, 5) is 9.53. The fraction of sp³-hybridized carbons (Fsp3) is 0.280. The first-order chi connectivity index (χ1) is 50.7. The first-order valence-electron chi connectivity index (χ1n) is 39.1. The molecule has 8 atom stereocenters. The van der Waals surface area contributed by atoms with Crippen molar-refractivity contribution >= 4 is 45.5 Å². The van der Waals surface area contributed by atoms with E-state index >= 15 is 0 Å². The van der Waals surface area contributed by atoms with Crippen LogP contribution in [0.2, 0.25) is 0 Å². The molecule has 0 saturated carbocycles. The number of fused-ring (bicyclic) bond motifs is 22. The van der Waals surface area contributed by atoms with Crippen LogP contribution in [0.1, 0.15) is 247 Å². The smallest absolute Gasteiger partial charge is 0.0529 e. The second kappa shape index (κ2) is 29.9. The summed E-state index contributed by atoms with van der Waals surface area (Å²) in [5, 5.41) is 0. The van der Waals surface area contributed by atoms with Gasteiger partial charge in [-0.1, -0.05) is 311 Å². The maximum Gasteiger partial charge on any atom is 0.0529 e. The zero-order valence-corrected chi connectivity index (χ0v) is 65.5. The molecule has 0 saturated heterocycles. The molecule has 0 fully saturated rings. The second-order valence-corrected chi connectivity index (χ2v) is 28.5. The van der Waals surface area contributed by atoms with E-state index in [1.165, 1.54) is 179 Å². The molecule has 4 heteroatoms. The van der Waals surface area contributed by atoms with Crippen LogP contribution in [0, 0.1) is 0 Å². The largest absolute Gasteiger partial charge is 0.344 e. The van der Waals surface area contributed by atoms with Crippen LogP contribution in [0.25, 0.3) is 44.5 Å². The van der Waals surface area contributed by atoms with Gasteiger partial charge in [-0.25, -0.2) is 0 Å². The van der Waals surface area contributed by atoms with Gasteiger partial charge in [-0.2, -0.15) is 0 Å². The number of hydrogen-bond acceptors (Lipinski definition) is 4. The van der Waals surface area contributed by atoms with Gasteiger partial charge < -0.3 is 19.6 Å². The lowest BCUT2D eigenvalue weighted by Crippen LogP contribution is -2.22. The molecule has 4 nitrogen and oxygen atoms in total. The van der Waals surface area contributed by atoms with Crippen molar-refractivity contribution in [1.29, 1.82) is 0 Å². The first kappa shape index (κ1) is 72.2. The maximum atomic E-state index is 2.46. The SMILES string of the molecule is CC.CC.CC.CC.CC1c2ccccc2-c2c1ccc1c2N(C)c2ccccc2C1C.CC1c2ccccc2-c2cc3c(cc21)C(C)c1ccccc1N3C.CC1c2ccccc2-c2cc3c(cc21)N(C)c1ccccc1C3C.CC1c2ccccc2N(C)c2c1ccc1c2C(C)c2ccccc2-1.